The van der Waals surface area contributed by atoms with Crippen LogP contribution in [0, 0.1) is 5.92 Å². The quantitative estimate of drug-likeness (QED) is 0.368. The Bertz CT molecular complexity index is 967. The van der Waals surface area contributed by atoms with Gasteiger partial charge in [0.05, 0.1) is 31.0 Å². The minimum absolute atomic E-state index is 0.0289. The van der Waals surface area contributed by atoms with Crippen LogP contribution in [0.3, 0.4) is 0 Å². The van der Waals surface area contributed by atoms with Gasteiger partial charge in [0.1, 0.15) is 5.92 Å². The molecule has 1 aromatic carbocycles. The van der Waals surface area contributed by atoms with Crippen molar-refractivity contribution in [3.05, 3.63) is 58.4 Å². The van der Waals surface area contributed by atoms with E-state index in [2.05, 4.69) is 5.32 Å². The number of benzene rings is 1. The van der Waals surface area contributed by atoms with Crippen LogP contribution in [-0.4, -0.2) is 37.7 Å². The molecule has 2 rings (SSSR count). The molecule has 10 heteroatoms. The van der Waals surface area contributed by atoms with Gasteiger partial charge in [-0.2, -0.15) is 13.2 Å². The van der Waals surface area contributed by atoms with E-state index in [1.54, 1.807) is 13.8 Å². The molecule has 1 aliphatic rings. The minimum atomic E-state index is -4.76. The monoisotopic (exact) mass is 469 g/mol. The van der Waals surface area contributed by atoms with Crippen molar-refractivity contribution >= 4 is 17.9 Å². The fourth-order valence-electron chi connectivity index (χ4n) is 3.72. The van der Waals surface area contributed by atoms with Crippen molar-refractivity contribution in [1.82, 2.24) is 5.32 Å². The Kier molecular flexibility index (Phi) is 8.67. The van der Waals surface area contributed by atoms with Crippen molar-refractivity contribution in [2.24, 2.45) is 5.92 Å². The van der Waals surface area contributed by atoms with E-state index in [0.717, 1.165) is 12.1 Å². The molecule has 180 valence electrons. The van der Waals surface area contributed by atoms with Crippen LogP contribution in [0.2, 0.25) is 0 Å². The van der Waals surface area contributed by atoms with Gasteiger partial charge in [0.2, 0.25) is 0 Å². The number of hydrogen-bond donors (Lipinski definition) is 1. The summed E-state index contributed by atoms with van der Waals surface area (Å²) in [5, 5.41) is 2.80. The standard InChI is InChI=1S/C23H26F3NO6/c1-5-31-17(28)12-16-20(22(30)33-7-3)19(18(13(4)27-16)21(29)32-6-2)14-10-8-9-11-15(14)23(24,25)26/h8-12,19-20,27H,5-7H2,1-4H3/b16-12-. The van der Waals surface area contributed by atoms with Gasteiger partial charge in [-0.05, 0) is 39.3 Å². The van der Waals surface area contributed by atoms with E-state index in [0.29, 0.717) is 0 Å². The number of nitrogens with one attached hydrogen (secondary N) is 1. The number of carbonyl (C=O) groups excluding carboxylic acids is 3. The van der Waals surface area contributed by atoms with Gasteiger partial charge in [-0.1, -0.05) is 18.2 Å². The average molecular weight is 469 g/mol. The van der Waals surface area contributed by atoms with Gasteiger partial charge in [-0.25, -0.2) is 9.59 Å². The maximum Gasteiger partial charge on any atom is 0.416 e. The molecule has 0 saturated heterocycles. The van der Waals surface area contributed by atoms with Crippen LogP contribution in [0.25, 0.3) is 0 Å². The highest BCUT2D eigenvalue weighted by molar-refractivity contribution is 5.95. The first-order valence-electron chi connectivity index (χ1n) is 10.4. The number of allylic oxidation sites excluding steroid dienone is 1. The molecule has 33 heavy (non-hydrogen) atoms. The fourth-order valence-corrected chi connectivity index (χ4v) is 3.72. The van der Waals surface area contributed by atoms with Crippen molar-refractivity contribution in [1.29, 1.82) is 0 Å². The van der Waals surface area contributed by atoms with Gasteiger partial charge in [0.25, 0.3) is 0 Å². The molecular formula is C23H26F3NO6. The van der Waals surface area contributed by atoms with Crippen molar-refractivity contribution in [2.75, 3.05) is 19.8 Å². The topological polar surface area (TPSA) is 90.9 Å². The Balaban J connectivity index is 2.86. The number of carbonyl (C=O) groups is 3. The molecule has 1 N–H and O–H groups in total. The summed E-state index contributed by atoms with van der Waals surface area (Å²) in [7, 11) is 0. The van der Waals surface area contributed by atoms with Crippen molar-refractivity contribution in [2.45, 2.75) is 39.8 Å². The molecule has 1 aromatic rings. The molecule has 0 amide bonds. The number of alkyl halides is 3. The Labute approximate surface area is 189 Å². The number of rotatable bonds is 7. The van der Waals surface area contributed by atoms with E-state index < -0.39 is 41.5 Å². The average Bonchev–Trinajstić information content (AvgIpc) is 2.73. The smallest absolute Gasteiger partial charge is 0.416 e. The first-order chi connectivity index (χ1) is 15.6. The summed E-state index contributed by atoms with van der Waals surface area (Å²) in [5.41, 5.74) is -1.39. The highest BCUT2D eigenvalue weighted by Crippen LogP contribution is 2.46. The summed E-state index contributed by atoms with van der Waals surface area (Å²) in [6.45, 7) is 6.09. The van der Waals surface area contributed by atoms with Crippen molar-refractivity contribution in [3.8, 4) is 0 Å². The zero-order valence-corrected chi connectivity index (χ0v) is 18.7. The second kappa shape index (κ2) is 11.0. The second-order valence-electron chi connectivity index (χ2n) is 7.03. The Morgan fingerprint density at radius 1 is 1.00 bits per heavy atom. The normalized spacial score (nSPS) is 19.7. The van der Waals surface area contributed by atoms with Crippen LogP contribution in [0.15, 0.2) is 47.3 Å². The number of esters is 3. The highest BCUT2D eigenvalue weighted by Gasteiger charge is 2.47. The van der Waals surface area contributed by atoms with Gasteiger partial charge in [0.15, 0.2) is 0 Å². The van der Waals surface area contributed by atoms with Crippen molar-refractivity contribution in [3.63, 3.8) is 0 Å². The largest absolute Gasteiger partial charge is 0.465 e. The molecule has 0 fully saturated rings. The molecule has 0 saturated carbocycles. The van der Waals surface area contributed by atoms with Crippen LogP contribution in [0.5, 0.6) is 0 Å². The van der Waals surface area contributed by atoms with Crippen LogP contribution in [0.1, 0.15) is 44.7 Å². The molecular weight excluding hydrogens is 443 g/mol. The summed E-state index contributed by atoms with van der Waals surface area (Å²) in [6.07, 6.45) is -3.78. The Hall–Kier alpha value is -3.30. The SMILES string of the molecule is CCOC(=O)/C=C1\NC(C)=C(C(=O)OCC)C(c2ccccc2C(F)(F)F)C1C(=O)OCC. The maximum absolute atomic E-state index is 13.9. The first-order valence-corrected chi connectivity index (χ1v) is 10.4. The Morgan fingerprint density at radius 2 is 1.61 bits per heavy atom. The molecule has 7 nitrogen and oxygen atoms in total. The molecule has 1 heterocycles. The number of halogens is 3. The first kappa shape index (κ1) is 26.0. The van der Waals surface area contributed by atoms with Crippen LogP contribution >= 0.6 is 0 Å². The predicted octanol–water partition coefficient (Wildman–Crippen LogP) is 3.86. The lowest BCUT2D eigenvalue weighted by Gasteiger charge is -2.36. The highest BCUT2D eigenvalue weighted by atomic mass is 19.4. The van der Waals surface area contributed by atoms with Gasteiger partial charge in [-0.15, -0.1) is 0 Å². The third-order valence-corrected chi connectivity index (χ3v) is 4.91. The predicted molar refractivity (Wildman–Crippen MR) is 111 cm³/mol. The summed E-state index contributed by atoms with van der Waals surface area (Å²) in [4.78, 5) is 38.0. The molecule has 0 radical (unpaired) electrons. The van der Waals surface area contributed by atoms with Gasteiger partial charge >= 0.3 is 24.1 Å². The molecule has 1 aliphatic heterocycles. The molecule has 0 aliphatic carbocycles. The van der Waals surface area contributed by atoms with E-state index in [1.165, 1.54) is 32.0 Å². The van der Waals surface area contributed by atoms with E-state index in [1.807, 2.05) is 0 Å². The molecule has 0 spiro atoms. The van der Waals surface area contributed by atoms with E-state index in [-0.39, 0.29) is 42.4 Å². The molecule has 2 atom stereocenters. The lowest BCUT2D eigenvalue weighted by molar-refractivity contribution is -0.149. The van der Waals surface area contributed by atoms with Crippen molar-refractivity contribution < 1.29 is 41.8 Å². The molecule has 0 bridgehead atoms. The van der Waals surface area contributed by atoms with Gasteiger partial charge in [-0.3, -0.25) is 4.79 Å². The maximum atomic E-state index is 13.9. The van der Waals surface area contributed by atoms with Gasteiger partial charge in [0, 0.05) is 23.4 Å². The minimum Gasteiger partial charge on any atom is -0.465 e. The summed E-state index contributed by atoms with van der Waals surface area (Å²) < 4.78 is 56.8. The van der Waals surface area contributed by atoms with Crippen LogP contribution in [0.4, 0.5) is 13.2 Å². The van der Waals surface area contributed by atoms with Crippen LogP contribution < -0.4 is 5.32 Å². The third-order valence-electron chi connectivity index (χ3n) is 4.91. The summed E-state index contributed by atoms with van der Waals surface area (Å²) in [6, 6.07) is 4.65. The lowest BCUT2D eigenvalue weighted by Crippen LogP contribution is -2.41. The third kappa shape index (κ3) is 5.94. The zero-order chi connectivity index (χ0) is 24.8. The lowest BCUT2D eigenvalue weighted by atomic mass is 9.73. The number of ether oxygens (including phenoxy) is 3. The van der Waals surface area contributed by atoms with E-state index >= 15 is 0 Å². The molecule has 2 unspecified atom stereocenters. The Morgan fingerprint density at radius 3 is 2.18 bits per heavy atom. The molecule has 0 aromatic heterocycles. The van der Waals surface area contributed by atoms with E-state index in [9.17, 15) is 27.6 Å². The summed E-state index contributed by atoms with van der Waals surface area (Å²) >= 11 is 0. The second-order valence-corrected chi connectivity index (χ2v) is 7.03. The van der Waals surface area contributed by atoms with E-state index in [4.69, 9.17) is 14.2 Å². The summed E-state index contributed by atoms with van der Waals surface area (Å²) in [5.74, 6) is -5.47. The van der Waals surface area contributed by atoms with Crippen LogP contribution in [-0.2, 0) is 34.8 Å². The van der Waals surface area contributed by atoms with Gasteiger partial charge < -0.3 is 19.5 Å². The number of hydrogen-bond acceptors (Lipinski definition) is 7. The zero-order valence-electron chi connectivity index (χ0n) is 18.7. The fraction of sp³-hybridized carbons (Fsp3) is 0.435.